The van der Waals surface area contributed by atoms with Gasteiger partial charge in [-0.25, -0.2) is 0 Å². The Bertz CT molecular complexity index is 325. The van der Waals surface area contributed by atoms with E-state index in [1.54, 1.807) is 6.07 Å². The number of nitrogens with one attached hydrogen (secondary N) is 1. The van der Waals surface area contributed by atoms with Crippen LogP contribution >= 0.6 is 23.2 Å². The van der Waals surface area contributed by atoms with Gasteiger partial charge in [-0.05, 0) is 37.7 Å². The third-order valence-electron chi connectivity index (χ3n) is 1.75. The van der Waals surface area contributed by atoms with E-state index in [4.69, 9.17) is 23.2 Å². The number of likely N-dealkylation sites (N-methyl/N-ethyl adjacent to an activating group) is 1. The van der Waals surface area contributed by atoms with Crippen LogP contribution in [0.3, 0.4) is 0 Å². The van der Waals surface area contributed by atoms with E-state index < -0.39 is 0 Å². The summed E-state index contributed by atoms with van der Waals surface area (Å²) in [4.78, 5) is 0. The summed E-state index contributed by atoms with van der Waals surface area (Å²) in [5.41, 5.74) is 2.28. The summed E-state index contributed by atoms with van der Waals surface area (Å²) in [7, 11) is 1.92. The molecule has 0 fully saturated rings. The van der Waals surface area contributed by atoms with Gasteiger partial charge in [-0.1, -0.05) is 34.9 Å². The largest absolute Gasteiger partial charge is 0.316 e. The SMILES string of the molecule is CNCC(C)=Cc1cc(Cl)cc(Cl)c1. The van der Waals surface area contributed by atoms with E-state index in [0.717, 1.165) is 12.1 Å². The normalized spacial score (nSPS) is 11.9. The van der Waals surface area contributed by atoms with Crippen molar-refractivity contribution in [2.24, 2.45) is 0 Å². The second kappa shape index (κ2) is 5.40. The van der Waals surface area contributed by atoms with Crippen molar-refractivity contribution in [2.45, 2.75) is 6.92 Å². The molecule has 14 heavy (non-hydrogen) atoms. The van der Waals surface area contributed by atoms with Crippen LogP contribution in [0.15, 0.2) is 23.8 Å². The molecule has 0 aliphatic heterocycles. The fourth-order valence-corrected chi connectivity index (χ4v) is 1.82. The molecule has 0 heterocycles. The maximum Gasteiger partial charge on any atom is 0.0426 e. The highest BCUT2D eigenvalue weighted by molar-refractivity contribution is 6.34. The minimum absolute atomic E-state index is 0.668. The molecule has 0 spiro atoms. The molecule has 0 saturated carbocycles. The monoisotopic (exact) mass is 229 g/mol. The van der Waals surface area contributed by atoms with Crippen molar-refractivity contribution in [3.05, 3.63) is 39.4 Å². The van der Waals surface area contributed by atoms with Gasteiger partial charge in [0.1, 0.15) is 0 Å². The third kappa shape index (κ3) is 3.70. The lowest BCUT2D eigenvalue weighted by Gasteiger charge is -2.01. The van der Waals surface area contributed by atoms with E-state index in [0.29, 0.717) is 10.0 Å². The molecule has 0 bridgehead atoms. The van der Waals surface area contributed by atoms with Crippen LogP contribution in [-0.2, 0) is 0 Å². The van der Waals surface area contributed by atoms with Gasteiger partial charge >= 0.3 is 0 Å². The zero-order chi connectivity index (χ0) is 10.6. The second-order valence-electron chi connectivity index (χ2n) is 3.22. The van der Waals surface area contributed by atoms with Gasteiger partial charge in [0.05, 0.1) is 0 Å². The van der Waals surface area contributed by atoms with Gasteiger partial charge in [-0.2, -0.15) is 0 Å². The second-order valence-corrected chi connectivity index (χ2v) is 4.10. The summed E-state index contributed by atoms with van der Waals surface area (Å²) < 4.78 is 0. The van der Waals surface area contributed by atoms with Crippen LogP contribution < -0.4 is 5.32 Å². The molecule has 3 heteroatoms. The van der Waals surface area contributed by atoms with Crippen LogP contribution in [0, 0.1) is 0 Å². The molecule has 0 saturated heterocycles. The molecule has 1 rings (SSSR count). The standard InChI is InChI=1S/C11H13Cl2N/c1-8(7-14-2)3-9-4-10(12)6-11(13)5-9/h3-6,14H,7H2,1-2H3. The van der Waals surface area contributed by atoms with Gasteiger partial charge in [0.2, 0.25) is 0 Å². The molecule has 0 unspecified atom stereocenters. The molecule has 1 nitrogen and oxygen atoms in total. The van der Waals surface area contributed by atoms with E-state index in [9.17, 15) is 0 Å². The van der Waals surface area contributed by atoms with Crippen LogP contribution in [0.25, 0.3) is 6.08 Å². The van der Waals surface area contributed by atoms with Crippen LogP contribution in [0.4, 0.5) is 0 Å². The molecule has 0 aromatic heterocycles. The fourth-order valence-electron chi connectivity index (χ4n) is 1.27. The van der Waals surface area contributed by atoms with Crippen LogP contribution in [0.1, 0.15) is 12.5 Å². The molecule has 0 aliphatic carbocycles. The Hall–Kier alpha value is -0.500. The first-order chi connectivity index (χ1) is 6.61. The Labute approximate surface area is 94.7 Å². The highest BCUT2D eigenvalue weighted by Gasteiger charge is 1.96. The maximum absolute atomic E-state index is 5.88. The van der Waals surface area contributed by atoms with Crippen molar-refractivity contribution in [1.29, 1.82) is 0 Å². The topological polar surface area (TPSA) is 12.0 Å². The molecule has 0 aliphatic rings. The number of rotatable bonds is 3. The molecule has 0 amide bonds. The summed E-state index contributed by atoms with van der Waals surface area (Å²) in [6.07, 6.45) is 2.06. The average molecular weight is 230 g/mol. The highest BCUT2D eigenvalue weighted by atomic mass is 35.5. The quantitative estimate of drug-likeness (QED) is 0.836. The zero-order valence-corrected chi connectivity index (χ0v) is 9.78. The highest BCUT2D eigenvalue weighted by Crippen LogP contribution is 2.20. The summed E-state index contributed by atoms with van der Waals surface area (Å²) in [6, 6.07) is 5.52. The van der Waals surface area contributed by atoms with E-state index in [1.165, 1.54) is 5.57 Å². The predicted octanol–water partition coefficient (Wildman–Crippen LogP) is 3.62. The first-order valence-electron chi connectivity index (χ1n) is 4.39. The third-order valence-corrected chi connectivity index (χ3v) is 2.19. The smallest absolute Gasteiger partial charge is 0.0426 e. The van der Waals surface area contributed by atoms with Crippen LogP contribution in [0.2, 0.25) is 10.0 Å². The maximum atomic E-state index is 5.88. The van der Waals surface area contributed by atoms with Crippen molar-refractivity contribution in [3.63, 3.8) is 0 Å². The molecular formula is C11H13Cl2N. The Kier molecular flexibility index (Phi) is 4.46. The molecule has 1 aromatic rings. The summed E-state index contributed by atoms with van der Waals surface area (Å²) >= 11 is 11.8. The zero-order valence-electron chi connectivity index (χ0n) is 8.27. The molecule has 76 valence electrons. The lowest BCUT2D eigenvalue weighted by Crippen LogP contribution is -2.08. The Morgan fingerprint density at radius 1 is 1.29 bits per heavy atom. The van der Waals surface area contributed by atoms with Crippen molar-refractivity contribution in [2.75, 3.05) is 13.6 Å². The first kappa shape index (κ1) is 11.6. The number of benzene rings is 1. The van der Waals surface area contributed by atoms with Gasteiger partial charge in [0, 0.05) is 16.6 Å². The van der Waals surface area contributed by atoms with Gasteiger partial charge in [-0.3, -0.25) is 0 Å². The Morgan fingerprint density at radius 2 is 1.86 bits per heavy atom. The van der Waals surface area contributed by atoms with E-state index >= 15 is 0 Å². The van der Waals surface area contributed by atoms with Crippen molar-refractivity contribution in [1.82, 2.24) is 5.32 Å². The summed E-state index contributed by atoms with van der Waals surface area (Å²) in [5.74, 6) is 0. The van der Waals surface area contributed by atoms with Gasteiger partial charge in [0.15, 0.2) is 0 Å². The lowest BCUT2D eigenvalue weighted by atomic mass is 10.1. The minimum Gasteiger partial charge on any atom is -0.316 e. The summed E-state index contributed by atoms with van der Waals surface area (Å²) in [5, 5.41) is 4.42. The van der Waals surface area contributed by atoms with Crippen molar-refractivity contribution in [3.8, 4) is 0 Å². The van der Waals surface area contributed by atoms with Crippen LogP contribution in [-0.4, -0.2) is 13.6 Å². The number of hydrogen-bond donors (Lipinski definition) is 1. The Balaban J connectivity index is 2.90. The average Bonchev–Trinajstić information content (AvgIpc) is 2.01. The van der Waals surface area contributed by atoms with E-state index in [2.05, 4.69) is 18.3 Å². The lowest BCUT2D eigenvalue weighted by molar-refractivity contribution is 0.884. The fraction of sp³-hybridized carbons (Fsp3) is 0.273. The minimum atomic E-state index is 0.668. The molecule has 1 aromatic carbocycles. The molecule has 0 radical (unpaired) electrons. The molecule has 1 N–H and O–H groups in total. The van der Waals surface area contributed by atoms with Gasteiger partial charge in [-0.15, -0.1) is 0 Å². The first-order valence-corrected chi connectivity index (χ1v) is 5.15. The van der Waals surface area contributed by atoms with Crippen LogP contribution in [0.5, 0.6) is 0 Å². The number of halogens is 2. The predicted molar refractivity (Wildman–Crippen MR) is 64.0 cm³/mol. The van der Waals surface area contributed by atoms with Gasteiger partial charge < -0.3 is 5.32 Å². The van der Waals surface area contributed by atoms with Gasteiger partial charge in [0.25, 0.3) is 0 Å². The van der Waals surface area contributed by atoms with Crippen molar-refractivity contribution >= 4 is 29.3 Å². The Morgan fingerprint density at radius 3 is 2.36 bits per heavy atom. The number of hydrogen-bond acceptors (Lipinski definition) is 1. The molecule has 0 atom stereocenters. The molecular weight excluding hydrogens is 217 g/mol. The van der Waals surface area contributed by atoms with Crippen molar-refractivity contribution < 1.29 is 0 Å². The van der Waals surface area contributed by atoms with E-state index in [1.807, 2.05) is 19.2 Å². The van der Waals surface area contributed by atoms with E-state index in [-0.39, 0.29) is 0 Å². The summed E-state index contributed by atoms with van der Waals surface area (Å²) in [6.45, 7) is 2.93.